The third-order valence-electron chi connectivity index (χ3n) is 3.79. The summed E-state index contributed by atoms with van der Waals surface area (Å²) in [6.45, 7) is 7.65. The first-order valence-corrected chi connectivity index (χ1v) is 7.26. The molecular formula is C15H25N3. The molecule has 2 rings (SSSR count). The van der Waals surface area contributed by atoms with Crippen LogP contribution in [-0.4, -0.2) is 29.0 Å². The van der Waals surface area contributed by atoms with Crippen molar-refractivity contribution in [3.05, 3.63) is 23.9 Å². The van der Waals surface area contributed by atoms with Gasteiger partial charge in [-0.1, -0.05) is 13.3 Å². The smallest absolute Gasteiger partial charge is 0.126 e. The maximum Gasteiger partial charge on any atom is 0.126 e. The van der Waals surface area contributed by atoms with E-state index in [-0.39, 0.29) is 0 Å². The number of hydrogen-bond donors (Lipinski definition) is 1. The number of hydrogen-bond acceptors (Lipinski definition) is 3. The van der Waals surface area contributed by atoms with Gasteiger partial charge in [-0.05, 0) is 50.4 Å². The van der Waals surface area contributed by atoms with Gasteiger partial charge in [-0.2, -0.15) is 0 Å². The molecule has 0 amide bonds. The number of piperidine rings is 1. The fourth-order valence-electron chi connectivity index (χ4n) is 2.82. The second kappa shape index (κ2) is 6.74. The van der Waals surface area contributed by atoms with Crippen molar-refractivity contribution < 1.29 is 0 Å². The molecular weight excluding hydrogens is 222 g/mol. The summed E-state index contributed by atoms with van der Waals surface area (Å²) in [6.07, 6.45) is 7.29. The lowest BCUT2D eigenvalue weighted by atomic mass is 9.99. The lowest BCUT2D eigenvalue weighted by Crippen LogP contribution is -2.38. The molecule has 1 aromatic rings. The second-order valence-electron chi connectivity index (χ2n) is 5.11. The van der Waals surface area contributed by atoms with E-state index in [0.717, 1.165) is 24.9 Å². The zero-order valence-corrected chi connectivity index (χ0v) is 11.7. The van der Waals surface area contributed by atoms with E-state index in [4.69, 9.17) is 0 Å². The minimum Gasteiger partial charge on any atom is -0.370 e. The first kappa shape index (κ1) is 13.3. The predicted octanol–water partition coefficient (Wildman–Crippen LogP) is 3.28. The SMILES string of the molecule is CCNc1cc(CN2CCCCC2CC)ccn1. The van der Waals surface area contributed by atoms with Crippen LogP contribution < -0.4 is 5.32 Å². The van der Waals surface area contributed by atoms with Gasteiger partial charge in [0.1, 0.15) is 5.82 Å². The molecule has 2 heterocycles. The molecule has 3 heteroatoms. The van der Waals surface area contributed by atoms with Crippen molar-refractivity contribution in [3.63, 3.8) is 0 Å². The number of nitrogens with zero attached hydrogens (tertiary/aromatic N) is 2. The summed E-state index contributed by atoms with van der Waals surface area (Å²) in [5.74, 6) is 1.00. The van der Waals surface area contributed by atoms with E-state index in [1.54, 1.807) is 0 Å². The molecule has 1 aromatic heterocycles. The Balaban J connectivity index is 2.00. The summed E-state index contributed by atoms with van der Waals surface area (Å²) in [4.78, 5) is 6.97. The van der Waals surface area contributed by atoms with Gasteiger partial charge >= 0.3 is 0 Å². The third-order valence-corrected chi connectivity index (χ3v) is 3.79. The van der Waals surface area contributed by atoms with E-state index in [0.29, 0.717) is 0 Å². The van der Waals surface area contributed by atoms with Crippen LogP contribution in [0.2, 0.25) is 0 Å². The van der Waals surface area contributed by atoms with Crippen LogP contribution in [0.3, 0.4) is 0 Å². The van der Waals surface area contributed by atoms with Gasteiger partial charge in [0.25, 0.3) is 0 Å². The maximum absolute atomic E-state index is 4.33. The van der Waals surface area contributed by atoms with Crippen molar-refractivity contribution in [2.24, 2.45) is 0 Å². The summed E-state index contributed by atoms with van der Waals surface area (Å²) >= 11 is 0. The van der Waals surface area contributed by atoms with Crippen molar-refractivity contribution in [3.8, 4) is 0 Å². The molecule has 1 unspecified atom stereocenters. The highest BCUT2D eigenvalue weighted by molar-refractivity contribution is 5.37. The van der Waals surface area contributed by atoms with Crippen LogP contribution in [0.1, 0.15) is 45.1 Å². The van der Waals surface area contributed by atoms with Gasteiger partial charge in [-0.15, -0.1) is 0 Å². The summed E-state index contributed by atoms with van der Waals surface area (Å²) in [5, 5.41) is 3.28. The highest BCUT2D eigenvalue weighted by Gasteiger charge is 2.20. The Bertz CT molecular complexity index is 365. The Morgan fingerprint density at radius 2 is 2.28 bits per heavy atom. The van der Waals surface area contributed by atoms with Crippen LogP contribution in [0, 0.1) is 0 Å². The van der Waals surface area contributed by atoms with Crippen LogP contribution in [0.5, 0.6) is 0 Å². The van der Waals surface area contributed by atoms with Crippen LogP contribution >= 0.6 is 0 Å². The topological polar surface area (TPSA) is 28.2 Å². The Morgan fingerprint density at radius 3 is 3.06 bits per heavy atom. The van der Waals surface area contributed by atoms with E-state index in [1.807, 2.05) is 6.20 Å². The standard InChI is InChI=1S/C15H25N3/c1-3-14-7-5-6-10-18(14)12-13-8-9-17-15(11-13)16-4-2/h8-9,11,14H,3-7,10,12H2,1-2H3,(H,16,17). The van der Waals surface area contributed by atoms with Gasteiger partial charge < -0.3 is 5.32 Å². The van der Waals surface area contributed by atoms with E-state index < -0.39 is 0 Å². The molecule has 1 fully saturated rings. The first-order chi connectivity index (χ1) is 8.83. The third kappa shape index (κ3) is 3.45. The Kier molecular flexibility index (Phi) is 5.00. The maximum atomic E-state index is 4.33. The van der Waals surface area contributed by atoms with Gasteiger partial charge in [0.15, 0.2) is 0 Å². The monoisotopic (exact) mass is 247 g/mol. The minimum atomic E-state index is 0.773. The Labute approximate surface area is 111 Å². The van der Waals surface area contributed by atoms with Crippen LogP contribution in [-0.2, 0) is 6.54 Å². The fraction of sp³-hybridized carbons (Fsp3) is 0.667. The lowest BCUT2D eigenvalue weighted by molar-refractivity contribution is 0.136. The van der Waals surface area contributed by atoms with Gasteiger partial charge in [0.2, 0.25) is 0 Å². The summed E-state index contributed by atoms with van der Waals surface area (Å²) < 4.78 is 0. The van der Waals surface area contributed by atoms with Gasteiger partial charge in [-0.3, -0.25) is 4.90 Å². The molecule has 0 radical (unpaired) electrons. The number of rotatable bonds is 5. The molecule has 0 bridgehead atoms. The minimum absolute atomic E-state index is 0.773. The zero-order chi connectivity index (χ0) is 12.8. The molecule has 3 nitrogen and oxygen atoms in total. The van der Waals surface area contributed by atoms with Crippen molar-refractivity contribution in [1.29, 1.82) is 0 Å². The van der Waals surface area contributed by atoms with Gasteiger partial charge in [0, 0.05) is 25.3 Å². The zero-order valence-electron chi connectivity index (χ0n) is 11.7. The average molecular weight is 247 g/mol. The normalized spacial score (nSPS) is 20.9. The number of likely N-dealkylation sites (tertiary alicyclic amines) is 1. The lowest BCUT2D eigenvalue weighted by Gasteiger charge is -2.35. The largest absolute Gasteiger partial charge is 0.370 e. The van der Waals surface area contributed by atoms with Crippen LogP contribution in [0.15, 0.2) is 18.3 Å². The van der Waals surface area contributed by atoms with E-state index in [9.17, 15) is 0 Å². The number of aromatic nitrogens is 1. The van der Waals surface area contributed by atoms with Gasteiger partial charge in [0.05, 0.1) is 0 Å². The van der Waals surface area contributed by atoms with E-state index in [1.165, 1.54) is 37.8 Å². The molecule has 1 aliphatic heterocycles. The molecule has 1 aliphatic rings. The molecule has 0 saturated carbocycles. The summed E-state index contributed by atoms with van der Waals surface area (Å²) in [7, 11) is 0. The van der Waals surface area contributed by atoms with Crippen molar-refractivity contribution >= 4 is 5.82 Å². The highest BCUT2D eigenvalue weighted by atomic mass is 15.2. The number of pyridine rings is 1. The average Bonchev–Trinajstić information content (AvgIpc) is 2.40. The van der Waals surface area contributed by atoms with E-state index >= 15 is 0 Å². The Morgan fingerprint density at radius 1 is 1.39 bits per heavy atom. The summed E-state index contributed by atoms with van der Waals surface area (Å²) in [5.41, 5.74) is 1.38. The Hall–Kier alpha value is -1.09. The van der Waals surface area contributed by atoms with E-state index in [2.05, 4.69) is 41.2 Å². The van der Waals surface area contributed by atoms with Crippen LogP contribution in [0.4, 0.5) is 5.82 Å². The second-order valence-corrected chi connectivity index (χ2v) is 5.11. The van der Waals surface area contributed by atoms with Crippen molar-refractivity contribution in [1.82, 2.24) is 9.88 Å². The highest BCUT2D eigenvalue weighted by Crippen LogP contribution is 2.22. The van der Waals surface area contributed by atoms with Gasteiger partial charge in [-0.25, -0.2) is 4.98 Å². The fourth-order valence-corrected chi connectivity index (χ4v) is 2.82. The molecule has 1 atom stereocenters. The quantitative estimate of drug-likeness (QED) is 0.865. The molecule has 0 aromatic carbocycles. The first-order valence-electron chi connectivity index (χ1n) is 7.26. The van der Waals surface area contributed by atoms with Crippen molar-refractivity contribution in [2.45, 2.75) is 52.1 Å². The molecule has 1 saturated heterocycles. The summed E-state index contributed by atoms with van der Waals surface area (Å²) in [6, 6.07) is 5.10. The molecule has 100 valence electrons. The predicted molar refractivity (Wildman–Crippen MR) is 76.7 cm³/mol. The molecule has 1 N–H and O–H groups in total. The molecule has 0 spiro atoms. The number of anilines is 1. The van der Waals surface area contributed by atoms with Crippen molar-refractivity contribution in [2.75, 3.05) is 18.4 Å². The number of nitrogens with one attached hydrogen (secondary N) is 1. The van der Waals surface area contributed by atoms with Crippen LogP contribution in [0.25, 0.3) is 0 Å². The molecule has 0 aliphatic carbocycles. The molecule has 18 heavy (non-hydrogen) atoms.